The number of carbonyl (C=O) groups is 2. The molecule has 10 heteroatoms. The molecular weight excluding hydrogens is 436 g/mol. The summed E-state index contributed by atoms with van der Waals surface area (Å²) in [4.78, 5) is 30.2. The van der Waals surface area contributed by atoms with Crippen LogP contribution < -0.4 is 15.5 Å². The first kappa shape index (κ1) is 23.2. The quantitative estimate of drug-likeness (QED) is 0.452. The maximum Gasteiger partial charge on any atom is 0.320 e. The molecule has 0 atom stereocenters. The van der Waals surface area contributed by atoms with Crippen LogP contribution in [0.1, 0.15) is 48.0 Å². The molecule has 0 bridgehead atoms. The fourth-order valence-electron chi connectivity index (χ4n) is 4.06. The molecular formula is C24H28N6O4. The zero-order chi connectivity index (χ0) is 24.1. The first-order valence-electron chi connectivity index (χ1n) is 11.4. The molecule has 1 aliphatic heterocycles. The highest BCUT2D eigenvalue weighted by atomic mass is 16.4. The van der Waals surface area contributed by atoms with E-state index in [1.165, 1.54) is 5.56 Å². The van der Waals surface area contributed by atoms with Gasteiger partial charge in [-0.3, -0.25) is 9.59 Å². The summed E-state index contributed by atoms with van der Waals surface area (Å²) in [7, 11) is 0. The Morgan fingerprint density at radius 3 is 2.53 bits per heavy atom. The van der Waals surface area contributed by atoms with Crippen LogP contribution in [0.25, 0.3) is 0 Å². The fraction of sp³-hybridized carbons (Fsp3) is 0.375. The molecule has 178 valence electrons. The SMILES string of the molecule is CCc1ccc(Nc2nnc(C(=O)Nc3cnc(N4CCC(CC(=O)O)CC4)c(C)c3)o2)cc1. The zero-order valence-corrected chi connectivity index (χ0v) is 19.2. The Balaban J connectivity index is 1.34. The number of aromatic nitrogens is 3. The van der Waals surface area contributed by atoms with Gasteiger partial charge in [-0.15, -0.1) is 5.10 Å². The Morgan fingerprint density at radius 1 is 1.15 bits per heavy atom. The van der Waals surface area contributed by atoms with Gasteiger partial charge in [0.15, 0.2) is 0 Å². The van der Waals surface area contributed by atoms with Crippen molar-refractivity contribution < 1.29 is 19.1 Å². The molecule has 3 aromatic rings. The van der Waals surface area contributed by atoms with E-state index in [0.717, 1.165) is 49.4 Å². The molecule has 1 aromatic carbocycles. The topological polar surface area (TPSA) is 133 Å². The van der Waals surface area contributed by atoms with E-state index in [0.29, 0.717) is 5.69 Å². The normalized spacial score (nSPS) is 14.1. The number of carbonyl (C=O) groups excluding carboxylic acids is 1. The van der Waals surface area contributed by atoms with Crippen molar-refractivity contribution in [3.8, 4) is 0 Å². The molecule has 3 N–H and O–H groups in total. The standard InChI is InChI=1S/C24H28N6O4/c1-3-16-4-6-18(7-5-16)27-24-29-28-23(34-24)22(33)26-19-12-15(2)21(25-14-19)30-10-8-17(9-11-30)13-20(31)32/h4-7,12,14,17H,3,8-11,13H2,1-2H3,(H,26,33)(H,27,29)(H,31,32). The molecule has 2 aromatic heterocycles. The van der Waals surface area contributed by atoms with E-state index < -0.39 is 11.9 Å². The number of hydrogen-bond donors (Lipinski definition) is 3. The predicted molar refractivity (Wildman–Crippen MR) is 128 cm³/mol. The summed E-state index contributed by atoms with van der Waals surface area (Å²) in [6.45, 7) is 5.54. The monoisotopic (exact) mass is 464 g/mol. The lowest BCUT2D eigenvalue weighted by Gasteiger charge is -2.33. The summed E-state index contributed by atoms with van der Waals surface area (Å²) in [6, 6.07) is 9.80. The molecule has 10 nitrogen and oxygen atoms in total. The molecule has 0 spiro atoms. The molecule has 1 aliphatic rings. The van der Waals surface area contributed by atoms with E-state index in [1.54, 1.807) is 6.20 Å². The number of nitrogens with one attached hydrogen (secondary N) is 2. The zero-order valence-electron chi connectivity index (χ0n) is 19.2. The number of nitrogens with zero attached hydrogens (tertiary/aromatic N) is 4. The van der Waals surface area contributed by atoms with E-state index in [1.807, 2.05) is 37.3 Å². The van der Waals surface area contributed by atoms with Crippen LogP contribution >= 0.6 is 0 Å². The van der Waals surface area contributed by atoms with Crippen LogP contribution in [0.4, 0.5) is 23.2 Å². The maximum absolute atomic E-state index is 12.6. The van der Waals surface area contributed by atoms with E-state index >= 15 is 0 Å². The summed E-state index contributed by atoms with van der Waals surface area (Å²) >= 11 is 0. The molecule has 1 saturated heterocycles. The van der Waals surface area contributed by atoms with Crippen LogP contribution in [-0.2, 0) is 11.2 Å². The van der Waals surface area contributed by atoms with E-state index in [4.69, 9.17) is 9.52 Å². The fourth-order valence-corrected chi connectivity index (χ4v) is 4.06. The molecule has 4 rings (SSSR count). The number of rotatable bonds is 8. The molecule has 0 aliphatic carbocycles. The van der Waals surface area contributed by atoms with Crippen molar-refractivity contribution in [1.29, 1.82) is 0 Å². The lowest BCUT2D eigenvalue weighted by Crippen LogP contribution is -2.35. The molecule has 3 heterocycles. The molecule has 0 radical (unpaired) electrons. The molecule has 1 amide bonds. The van der Waals surface area contributed by atoms with E-state index in [2.05, 4.69) is 37.6 Å². The second-order valence-electron chi connectivity index (χ2n) is 8.43. The van der Waals surface area contributed by atoms with Gasteiger partial charge in [0, 0.05) is 25.2 Å². The highest BCUT2D eigenvalue weighted by molar-refractivity contribution is 6.01. The smallest absolute Gasteiger partial charge is 0.320 e. The Bertz CT molecular complexity index is 1150. The minimum atomic E-state index is -0.748. The second-order valence-corrected chi connectivity index (χ2v) is 8.43. The molecule has 34 heavy (non-hydrogen) atoms. The van der Waals surface area contributed by atoms with Gasteiger partial charge in [0.2, 0.25) is 0 Å². The molecule has 1 fully saturated rings. The van der Waals surface area contributed by atoms with Crippen LogP contribution in [0.2, 0.25) is 0 Å². The average molecular weight is 465 g/mol. The second kappa shape index (κ2) is 10.3. The third-order valence-corrected chi connectivity index (χ3v) is 5.92. The van der Waals surface area contributed by atoms with Crippen LogP contribution in [-0.4, -0.2) is 45.3 Å². The lowest BCUT2D eigenvalue weighted by atomic mass is 9.93. The Morgan fingerprint density at radius 2 is 1.88 bits per heavy atom. The van der Waals surface area contributed by atoms with E-state index in [9.17, 15) is 9.59 Å². The number of aliphatic carboxylic acids is 1. The summed E-state index contributed by atoms with van der Waals surface area (Å²) < 4.78 is 5.45. The number of benzene rings is 1. The number of amides is 1. The van der Waals surface area contributed by atoms with Crippen LogP contribution in [0.3, 0.4) is 0 Å². The number of anilines is 4. The van der Waals surface area contributed by atoms with Crippen LogP contribution in [0.5, 0.6) is 0 Å². The third kappa shape index (κ3) is 5.69. The Kier molecular flexibility index (Phi) is 7.05. The van der Waals surface area contributed by atoms with Gasteiger partial charge >= 0.3 is 23.8 Å². The van der Waals surface area contributed by atoms with Crippen LogP contribution in [0, 0.1) is 12.8 Å². The summed E-state index contributed by atoms with van der Waals surface area (Å²) in [6.07, 6.45) is 4.40. The van der Waals surface area contributed by atoms with Crippen LogP contribution in [0.15, 0.2) is 40.9 Å². The first-order chi connectivity index (χ1) is 16.4. The van der Waals surface area contributed by atoms with Gasteiger partial charge in [-0.1, -0.05) is 24.2 Å². The number of hydrogen-bond acceptors (Lipinski definition) is 8. The van der Waals surface area contributed by atoms with Crippen molar-refractivity contribution in [2.45, 2.75) is 39.5 Å². The van der Waals surface area contributed by atoms with Gasteiger partial charge in [-0.2, -0.15) is 0 Å². The summed E-state index contributed by atoms with van der Waals surface area (Å²) in [5.74, 6) is -0.384. The van der Waals surface area contributed by atoms with Crippen molar-refractivity contribution in [2.24, 2.45) is 5.92 Å². The minimum Gasteiger partial charge on any atom is -0.481 e. The number of piperidine rings is 1. The number of pyridine rings is 1. The highest BCUT2D eigenvalue weighted by Crippen LogP contribution is 2.27. The van der Waals surface area contributed by atoms with Gasteiger partial charge in [-0.25, -0.2) is 4.98 Å². The van der Waals surface area contributed by atoms with Gasteiger partial charge in [0.25, 0.3) is 0 Å². The molecule has 0 unspecified atom stereocenters. The van der Waals surface area contributed by atoms with Crippen molar-refractivity contribution in [2.75, 3.05) is 28.6 Å². The highest BCUT2D eigenvalue weighted by Gasteiger charge is 2.23. The number of carboxylic acids is 1. The summed E-state index contributed by atoms with van der Waals surface area (Å²) in [5, 5.41) is 22.4. The van der Waals surface area contributed by atoms with Crippen molar-refractivity contribution in [3.63, 3.8) is 0 Å². The average Bonchev–Trinajstić information content (AvgIpc) is 3.29. The summed E-state index contributed by atoms with van der Waals surface area (Å²) in [5.41, 5.74) is 3.44. The first-order valence-corrected chi connectivity index (χ1v) is 11.4. The van der Waals surface area contributed by atoms with Gasteiger partial charge in [-0.05, 0) is 61.4 Å². The van der Waals surface area contributed by atoms with Crippen molar-refractivity contribution in [1.82, 2.24) is 15.2 Å². The van der Waals surface area contributed by atoms with Gasteiger partial charge < -0.3 is 25.1 Å². The predicted octanol–water partition coefficient (Wildman–Crippen LogP) is 4.02. The maximum atomic E-state index is 12.6. The number of carboxylic acid groups (broad SMARTS) is 1. The number of aryl methyl sites for hydroxylation is 2. The van der Waals surface area contributed by atoms with Gasteiger partial charge in [0.1, 0.15) is 5.82 Å². The van der Waals surface area contributed by atoms with Crippen molar-refractivity contribution in [3.05, 3.63) is 53.5 Å². The Hall–Kier alpha value is -3.95. The largest absolute Gasteiger partial charge is 0.481 e. The van der Waals surface area contributed by atoms with Gasteiger partial charge in [0.05, 0.1) is 11.9 Å². The molecule has 0 saturated carbocycles. The lowest BCUT2D eigenvalue weighted by molar-refractivity contribution is -0.138. The van der Waals surface area contributed by atoms with E-state index in [-0.39, 0.29) is 24.2 Å². The minimum absolute atomic E-state index is 0.130. The third-order valence-electron chi connectivity index (χ3n) is 5.92. The van der Waals surface area contributed by atoms with Crippen molar-refractivity contribution >= 4 is 35.1 Å². The Labute approximate surface area is 197 Å².